The molecule has 1 aromatic carbocycles. The lowest BCUT2D eigenvalue weighted by atomic mass is 10.1. The van der Waals surface area contributed by atoms with Gasteiger partial charge in [-0.05, 0) is 26.0 Å². The number of hydrogen-bond acceptors (Lipinski definition) is 2. The van der Waals surface area contributed by atoms with Gasteiger partial charge in [0.15, 0.2) is 0 Å². The van der Waals surface area contributed by atoms with E-state index in [0.717, 1.165) is 0 Å². The Labute approximate surface area is 76.1 Å². The van der Waals surface area contributed by atoms with Crippen LogP contribution in [-0.4, -0.2) is 11.8 Å². The molecule has 0 aromatic heterocycles. The standard InChI is InChI=1S/C10H10FNO/c1-10(2)6-12-8-4-3-7(11)5-9(8)13-10/h3-6H,1-2H3. The normalized spacial score (nSPS) is 17.8. The number of aliphatic imine (C=N–C) groups is 1. The molecule has 13 heavy (non-hydrogen) atoms. The average molecular weight is 179 g/mol. The predicted molar refractivity (Wildman–Crippen MR) is 49.3 cm³/mol. The summed E-state index contributed by atoms with van der Waals surface area (Å²) in [6.07, 6.45) is 1.72. The van der Waals surface area contributed by atoms with Crippen molar-refractivity contribution in [1.29, 1.82) is 0 Å². The van der Waals surface area contributed by atoms with Crippen LogP contribution >= 0.6 is 0 Å². The highest BCUT2D eigenvalue weighted by Gasteiger charge is 2.22. The summed E-state index contributed by atoms with van der Waals surface area (Å²) in [6, 6.07) is 4.34. The molecule has 3 heteroatoms. The number of nitrogens with zero attached hydrogens (tertiary/aromatic N) is 1. The SMILES string of the molecule is CC1(C)C=Nc2ccc(F)cc2O1. The van der Waals surface area contributed by atoms with Crippen molar-refractivity contribution in [2.75, 3.05) is 0 Å². The lowest BCUT2D eigenvalue weighted by molar-refractivity contribution is 0.184. The minimum absolute atomic E-state index is 0.299. The number of halogens is 1. The van der Waals surface area contributed by atoms with Crippen LogP contribution in [0.4, 0.5) is 10.1 Å². The summed E-state index contributed by atoms with van der Waals surface area (Å²) in [5.41, 5.74) is 0.238. The van der Waals surface area contributed by atoms with E-state index in [4.69, 9.17) is 4.74 Å². The van der Waals surface area contributed by atoms with E-state index in [-0.39, 0.29) is 5.82 Å². The maximum Gasteiger partial charge on any atom is 0.149 e. The molecular weight excluding hydrogens is 169 g/mol. The number of rotatable bonds is 0. The van der Waals surface area contributed by atoms with Crippen molar-refractivity contribution >= 4 is 11.9 Å². The number of fused-ring (bicyclic) bond motifs is 1. The molecule has 0 atom stereocenters. The molecule has 0 aliphatic carbocycles. The van der Waals surface area contributed by atoms with Gasteiger partial charge in [0, 0.05) is 12.3 Å². The first-order valence-corrected chi connectivity index (χ1v) is 4.11. The zero-order valence-electron chi connectivity index (χ0n) is 7.54. The fourth-order valence-corrected chi connectivity index (χ4v) is 1.21. The summed E-state index contributed by atoms with van der Waals surface area (Å²) in [4.78, 5) is 4.17. The Balaban J connectivity index is 2.48. The van der Waals surface area contributed by atoms with E-state index in [0.29, 0.717) is 11.4 Å². The highest BCUT2D eigenvalue weighted by molar-refractivity contribution is 5.76. The summed E-state index contributed by atoms with van der Waals surface area (Å²) in [7, 11) is 0. The molecule has 0 amide bonds. The van der Waals surface area contributed by atoms with Gasteiger partial charge >= 0.3 is 0 Å². The lowest BCUT2D eigenvalue weighted by Gasteiger charge is -2.26. The molecule has 0 radical (unpaired) electrons. The zero-order valence-corrected chi connectivity index (χ0v) is 7.54. The second-order valence-electron chi connectivity index (χ2n) is 3.58. The summed E-state index contributed by atoms with van der Waals surface area (Å²) >= 11 is 0. The summed E-state index contributed by atoms with van der Waals surface area (Å²) < 4.78 is 18.3. The van der Waals surface area contributed by atoms with Gasteiger partial charge < -0.3 is 4.74 Å². The molecule has 0 fully saturated rings. The van der Waals surface area contributed by atoms with Crippen LogP contribution in [-0.2, 0) is 0 Å². The zero-order chi connectivity index (χ0) is 9.47. The van der Waals surface area contributed by atoms with Crippen LogP contribution in [0.25, 0.3) is 0 Å². The van der Waals surface area contributed by atoms with Gasteiger partial charge in [-0.1, -0.05) is 0 Å². The van der Waals surface area contributed by atoms with Crippen LogP contribution in [0, 0.1) is 5.82 Å². The molecule has 1 aliphatic rings. The monoisotopic (exact) mass is 179 g/mol. The molecule has 1 heterocycles. The van der Waals surface area contributed by atoms with Crippen LogP contribution in [0.3, 0.4) is 0 Å². The largest absolute Gasteiger partial charge is 0.480 e. The van der Waals surface area contributed by atoms with Crippen molar-refractivity contribution in [3.63, 3.8) is 0 Å². The van der Waals surface area contributed by atoms with E-state index < -0.39 is 5.60 Å². The third-order valence-corrected chi connectivity index (χ3v) is 1.81. The van der Waals surface area contributed by atoms with Crippen LogP contribution in [0.1, 0.15) is 13.8 Å². The molecular formula is C10H10FNO. The molecule has 0 spiro atoms. The van der Waals surface area contributed by atoms with E-state index in [1.165, 1.54) is 12.1 Å². The molecule has 0 saturated carbocycles. The van der Waals surface area contributed by atoms with Gasteiger partial charge in [-0.25, -0.2) is 4.39 Å². The first kappa shape index (κ1) is 8.23. The average Bonchev–Trinajstić information content (AvgIpc) is 2.01. The van der Waals surface area contributed by atoms with Crippen LogP contribution in [0.5, 0.6) is 5.75 Å². The van der Waals surface area contributed by atoms with E-state index >= 15 is 0 Å². The van der Waals surface area contributed by atoms with Crippen LogP contribution in [0.2, 0.25) is 0 Å². The van der Waals surface area contributed by atoms with Gasteiger partial charge in [0.25, 0.3) is 0 Å². The van der Waals surface area contributed by atoms with Gasteiger partial charge in [0.2, 0.25) is 0 Å². The first-order chi connectivity index (χ1) is 6.07. The fraction of sp³-hybridized carbons (Fsp3) is 0.300. The topological polar surface area (TPSA) is 21.6 Å². The molecule has 1 aliphatic heterocycles. The number of benzene rings is 1. The van der Waals surface area contributed by atoms with Crippen molar-refractivity contribution < 1.29 is 9.13 Å². The molecule has 0 saturated heterocycles. The quantitative estimate of drug-likeness (QED) is 0.600. The van der Waals surface area contributed by atoms with Gasteiger partial charge in [0.1, 0.15) is 22.9 Å². The predicted octanol–water partition coefficient (Wildman–Crippen LogP) is 2.70. The first-order valence-electron chi connectivity index (χ1n) is 4.11. The molecule has 2 rings (SSSR count). The minimum atomic E-state index is -0.444. The van der Waals surface area contributed by atoms with Crippen LogP contribution < -0.4 is 4.74 Å². The summed E-state index contributed by atoms with van der Waals surface area (Å²) in [5.74, 6) is 0.208. The maximum absolute atomic E-state index is 12.8. The molecule has 0 unspecified atom stereocenters. The Morgan fingerprint density at radius 1 is 1.38 bits per heavy atom. The Morgan fingerprint density at radius 3 is 2.92 bits per heavy atom. The van der Waals surface area contributed by atoms with Gasteiger partial charge in [-0.15, -0.1) is 0 Å². The third-order valence-electron chi connectivity index (χ3n) is 1.81. The third kappa shape index (κ3) is 1.54. The van der Waals surface area contributed by atoms with Crippen molar-refractivity contribution in [1.82, 2.24) is 0 Å². The molecule has 2 nitrogen and oxygen atoms in total. The summed E-state index contributed by atoms with van der Waals surface area (Å²) in [5, 5.41) is 0. The lowest BCUT2D eigenvalue weighted by Crippen LogP contribution is -2.31. The Hall–Kier alpha value is -1.38. The van der Waals surface area contributed by atoms with Gasteiger partial charge in [0.05, 0.1) is 0 Å². The Kier molecular flexibility index (Phi) is 1.62. The Morgan fingerprint density at radius 2 is 2.15 bits per heavy atom. The fourth-order valence-electron chi connectivity index (χ4n) is 1.21. The van der Waals surface area contributed by atoms with Crippen LogP contribution in [0.15, 0.2) is 23.2 Å². The second-order valence-corrected chi connectivity index (χ2v) is 3.58. The van der Waals surface area contributed by atoms with Crippen molar-refractivity contribution in [2.45, 2.75) is 19.4 Å². The number of ether oxygens (including phenoxy) is 1. The maximum atomic E-state index is 12.8. The van der Waals surface area contributed by atoms with Crippen molar-refractivity contribution in [2.24, 2.45) is 4.99 Å². The Bertz CT molecular complexity index is 371. The van der Waals surface area contributed by atoms with E-state index in [1.54, 1.807) is 12.3 Å². The molecule has 68 valence electrons. The van der Waals surface area contributed by atoms with Gasteiger partial charge in [-0.3, -0.25) is 4.99 Å². The van der Waals surface area contributed by atoms with E-state index in [2.05, 4.69) is 4.99 Å². The smallest absolute Gasteiger partial charge is 0.149 e. The molecule has 0 bridgehead atoms. The minimum Gasteiger partial charge on any atom is -0.480 e. The van der Waals surface area contributed by atoms with Crippen molar-refractivity contribution in [3.8, 4) is 5.75 Å². The molecule has 0 N–H and O–H groups in total. The highest BCUT2D eigenvalue weighted by Crippen LogP contribution is 2.34. The van der Waals surface area contributed by atoms with E-state index in [9.17, 15) is 4.39 Å². The van der Waals surface area contributed by atoms with Gasteiger partial charge in [-0.2, -0.15) is 0 Å². The van der Waals surface area contributed by atoms with Crippen molar-refractivity contribution in [3.05, 3.63) is 24.0 Å². The highest BCUT2D eigenvalue weighted by atomic mass is 19.1. The van der Waals surface area contributed by atoms with E-state index in [1.807, 2.05) is 13.8 Å². The summed E-state index contributed by atoms with van der Waals surface area (Å²) in [6.45, 7) is 3.76. The molecule has 1 aromatic rings. The second kappa shape index (κ2) is 2.55. The number of hydrogen-bond donors (Lipinski definition) is 0.